The van der Waals surface area contributed by atoms with E-state index in [1.165, 1.54) is 12.1 Å². The summed E-state index contributed by atoms with van der Waals surface area (Å²) in [6, 6.07) is 6.37. The number of halogens is 1. The van der Waals surface area contributed by atoms with E-state index in [0.717, 1.165) is 16.9 Å². The van der Waals surface area contributed by atoms with Gasteiger partial charge in [0.15, 0.2) is 0 Å². The molecule has 0 aliphatic rings. The molecule has 2 N–H and O–H groups in total. The van der Waals surface area contributed by atoms with Crippen LogP contribution in [0.3, 0.4) is 0 Å². The lowest BCUT2D eigenvalue weighted by molar-refractivity contribution is 0.625. The molecule has 0 radical (unpaired) electrons. The van der Waals surface area contributed by atoms with E-state index in [9.17, 15) is 4.39 Å². The van der Waals surface area contributed by atoms with Gasteiger partial charge in [-0.25, -0.2) is 9.07 Å². The zero-order valence-corrected chi connectivity index (χ0v) is 8.66. The molecule has 0 fully saturated rings. The highest BCUT2D eigenvalue weighted by molar-refractivity contribution is 5.43. The number of aryl methyl sites for hydroxylation is 2. The van der Waals surface area contributed by atoms with Crippen molar-refractivity contribution >= 4 is 5.82 Å². The smallest absolute Gasteiger partial charge is 0.146 e. The van der Waals surface area contributed by atoms with Crippen molar-refractivity contribution in [2.24, 2.45) is 0 Å². The lowest BCUT2D eigenvalue weighted by atomic mass is 10.2. The maximum Gasteiger partial charge on any atom is 0.146 e. The number of nitrogens with zero attached hydrogens (tertiary/aromatic N) is 2. The summed E-state index contributed by atoms with van der Waals surface area (Å²) in [5.41, 5.74) is 8.21. The van der Waals surface area contributed by atoms with Crippen LogP contribution in [0.15, 0.2) is 24.3 Å². The second-order valence-corrected chi connectivity index (χ2v) is 3.55. The standard InChI is InChI=1S/C11H12FN3/c1-7-5-9(12)3-4-10(7)15-8(2)6-11(13)14-15/h3-6H,1-2H3,(H2,13,14). The normalized spacial score (nSPS) is 10.6. The minimum atomic E-state index is -0.242. The first-order chi connectivity index (χ1) is 7.08. The first-order valence-electron chi connectivity index (χ1n) is 4.66. The van der Waals surface area contributed by atoms with Crippen molar-refractivity contribution in [2.75, 3.05) is 5.73 Å². The lowest BCUT2D eigenvalue weighted by Gasteiger charge is -2.07. The number of nitrogen functional groups attached to an aromatic ring is 1. The van der Waals surface area contributed by atoms with Crippen LogP contribution in [0.4, 0.5) is 10.2 Å². The predicted molar refractivity (Wildman–Crippen MR) is 57.4 cm³/mol. The first-order valence-corrected chi connectivity index (χ1v) is 4.66. The second-order valence-electron chi connectivity index (χ2n) is 3.55. The Kier molecular flexibility index (Phi) is 2.19. The van der Waals surface area contributed by atoms with Gasteiger partial charge < -0.3 is 5.73 Å². The predicted octanol–water partition coefficient (Wildman–Crippen LogP) is 2.21. The van der Waals surface area contributed by atoms with Crippen molar-refractivity contribution in [1.29, 1.82) is 0 Å². The molecular weight excluding hydrogens is 193 g/mol. The molecule has 3 nitrogen and oxygen atoms in total. The van der Waals surface area contributed by atoms with E-state index in [0.29, 0.717) is 5.82 Å². The van der Waals surface area contributed by atoms with Crippen LogP contribution in [0.1, 0.15) is 11.3 Å². The Morgan fingerprint density at radius 3 is 2.53 bits per heavy atom. The van der Waals surface area contributed by atoms with Crippen LogP contribution in [0.5, 0.6) is 0 Å². The van der Waals surface area contributed by atoms with Crippen molar-refractivity contribution in [2.45, 2.75) is 13.8 Å². The molecule has 0 saturated heterocycles. The summed E-state index contributed by atoms with van der Waals surface area (Å²) in [6.45, 7) is 3.75. The van der Waals surface area contributed by atoms with Crippen molar-refractivity contribution in [3.63, 3.8) is 0 Å². The van der Waals surface area contributed by atoms with E-state index in [1.54, 1.807) is 16.8 Å². The third-order valence-corrected chi connectivity index (χ3v) is 2.29. The fraction of sp³-hybridized carbons (Fsp3) is 0.182. The fourth-order valence-electron chi connectivity index (χ4n) is 1.60. The highest BCUT2D eigenvalue weighted by Crippen LogP contribution is 2.17. The summed E-state index contributed by atoms with van der Waals surface area (Å²) < 4.78 is 14.6. The van der Waals surface area contributed by atoms with E-state index in [1.807, 2.05) is 13.8 Å². The Morgan fingerprint density at radius 1 is 1.27 bits per heavy atom. The Morgan fingerprint density at radius 2 is 2.00 bits per heavy atom. The summed E-state index contributed by atoms with van der Waals surface area (Å²) in [4.78, 5) is 0. The number of rotatable bonds is 1. The number of aromatic nitrogens is 2. The molecule has 0 bridgehead atoms. The van der Waals surface area contributed by atoms with E-state index in [4.69, 9.17) is 5.73 Å². The van der Waals surface area contributed by atoms with Gasteiger partial charge in [0.05, 0.1) is 5.69 Å². The van der Waals surface area contributed by atoms with Crippen LogP contribution in [0.25, 0.3) is 5.69 Å². The average Bonchev–Trinajstić information content (AvgIpc) is 2.45. The fourth-order valence-corrected chi connectivity index (χ4v) is 1.60. The van der Waals surface area contributed by atoms with Gasteiger partial charge in [-0.1, -0.05) is 0 Å². The van der Waals surface area contributed by atoms with E-state index >= 15 is 0 Å². The maximum atomic E-state index is 12.9. The van der Waals surface area contributed by atoms with Crippen LogP contribution in [-0.2, 0) is 0 Å². The van der Waals surface area contributed by atoms with Gasteiger partial charge in [-0.3, -0.25) is 0 Å². The number of hydrogen-bond donors (Lipinski definition) is 1. The highest BCUT2D eigenvalue weighted by atomic mass is 19.1. The maximum absolute atomic E-state index is 12.9. The van der Waals surface area contributed by atoms with E-state index in [2.05, 4.69) is 5.10 Å². The van der Waals surface area contributed by atoms with Gasteiger partial charge in [0, 0.05) is 11.8 Å². The van der Waals surface area contributed by atoms with Gasteiger partial charge in [-0.2, -0.15) is 5.10 Å². The van der Waals surface area contributed by atoms with Gasteiger partial charge in [-0.05, 0) is 37.6 Å². The molecule has 15 heavy (non-hydrogen) atoms. The number of hydrogen-bond acceptors (Lipinski definition) is 2. The summed E-state index contributed by atoms with van der Waals surface area (Å²) in [5, 5.41) is 4.14. The number of benzene rings is 1. The molecule has 1 heterocycles. The van der Waals surface area contributed by atoms with Crippen molar-refractivity contribution < 1.29 is 4.39 Å². The van der Waals surface area contributed by atoms with Crippen molar-refractivity contribution in [1.82, 2.24) is 9.78 Å². The minimum absolute atomic E-state index is 0.242. The van der Waals surface area contributed by atoms with Crippen LogP contribution in [0.2, 0.25) is 0 Å². The zero-order chi connectivity index (χ0) is 11.0. The quantitative estimate of drug-likeness (QED) is 0.775. The molecule has 0 aliphatic carbocycles. The molecule has 1 aromatic heterocycles. The third-order valence-electron chi connectivity index (χ3n) is 2.29. The van der Waals surface area contributed by atoms with Crippen molar-refractivity contribution in [3.05, 3.63) is 41.3 Å². The monoisotopic (exact) mass is 205 g/mol. The summed E-state index contributed by atoms with van der Waals surface area (Å²) >= 11 is 0. The molecule has 4 heteroatoms. The highest BCUT2D eigenvalue weighted by Gasteiger charge is 2.07. The molecule has 0 unspecified atom stereocenters. The molecule has 2 aromatic rings. The van der Waals surface area contributed by atoms with Crippen molar-refractivity contribution in [3.8, 4) is 5.69 Å². The van der Waals surface area contributed by atoms with E-state index < -0.39 is 0 Å². The zero-order valence-electron chi connectivity index (χ0n) is 8.66. The van der Waals surface area contributed by atoms with E-state index in [-0.39, 0.29) is 5.82 Å². The summed E-state index contributed by atoms with van der Waals surface area (Å²) in [7, 11) is 0. The largest absolute Gasteiger partial charge is 0.382 e. The summed E-state index contributed by atoms with van der Waals surface area (Å²) in [5.74, 6) is 0.227. The van der Waals surface area contributed by atoms with Gasteiger partial charge in [0.25, 0.3) is 0 Å². The van der Waals surface area contributed by atoms with Gasteiger partial charge in [0.2, 0.25) is 0 Å². The first kappa shape index (κ1) is 9.71. The topological polar surface area (TPSA) is 43.8 Å². The average molecular weight is 205 g/mol. The molecule has 2 rings (SSSR count). The van der Waals surface area contributed by atoms with Crippen LogP contribution in [0, 0.1) is 19.7 Å². The molecular formula is C11H12FN3. The molecule has 0 aliphatic heterocycles. The Labute approximate surface area is 87.3 Å². The Hall–Kier alpha value is -1.84. The van der Waals surface area contributed by atoms with Gasteiger partial charge in [0.1, 0.15) is 11.6 Å². The Balaban J connectivity index is 2.59. The molecule has 0 amide bonds. The second kappa shape index (κ2) is 3.38. The lowest BCUT2D eigenvalue weighted by Crippen LogP contribution is -2.02. The van der Waals surface area contributed by atoms with Crippen LogP contribution < -0.4 is 5.73 Å². The third kappa shape index (κ3) is 1.70. The molecule has 0 saturated carbocycles. The minimum Gasteiger partial charge on any atom is -0.382 e. The van der Waals surface area contributed by atoms with Gasteiger partial charge in [-0.15, -0.1) is 0 Å². The number of nitrogens with two attached hydrogens (primary N) is 1. The van der Waals surface area contributed by atoms with Crippen LogP contribution in [-0.4, -0.2) is 9.78 Å². The van der Waals surface area contributed by atoms with Crippen LogP contribution >= 0.6 is 0 Å². The van der Waals surface area contributed by atoms with Gasteiger partial charge >= 0.3 is 0 Å². The molecule has 78 valence electrons. The molecule has 0 spiro atoms. The SMILES string of the molecule is Cc1cc(F)ccc1-n1nc(N)cc1C. The number of anilines is 1. The summed E-state index contributed by atoms with van der Waals surface area (Å²) in [6.07, 6.45) is 0. The molecule has 0 atom stereocenters. The Bertz CT molecular complexity index is 503. The molecule has 1 aromatic carbocycles.